The maximum absolute atomic E-state index is 12.6. The van der Waals surface area contributed by atoms with Crippen LogP contribution >= 0.6 is 0 Å². The third-order valence-electron chi connectivity index (χ3n) is 4.54. The predicted molar refractivity (Wildman–Crippen MR) is 118 cm³/mol. The third kappa shape index (κ3) is 6.79. The lowest BCUT2D eigenvalue weighted by Crippen LogP contribution is -2.37. The van der Waals surface area contributed by atoms with Gasteiger partial charge in [0.15, 0.2) is 0 Å². The summed E-state index contributed by atoms with van der Waals surface area (Å²) in [6.45, 7) is 6.77. The Bertz CT molecular complexity index is 841. The zero-order valence-corrected chi connectivity index (χ0v) is 17.6. The lowest BCUT2D eigenvalue weighted by Gasteiger charge is -2.20. The summed E-state index contributed by atoms with van der Waals surface area (Å²) in [7, 11) is 1.55. The highest BCUT2D eigenvalue weighted by Crippen LogP contribution is 2.23. The summed E-state index contributed by atoms with van der Waals surface area (Å²) >= 11 is 0. The standard InChI is InChI=1S/C24H30N2O3/c1-5-16-26(17-23(27)25-21-8-6-7-9-22(21)29-4)24(28)15-12-19-10-13-20(14-11-19)18(2)3/h6-15,18H,5,16-17H2,1-4H3,(H,25,27)/b15-12+. The van der Waals surface area contributed by atoms with Crippen LogP contribution in [0, 0.1) is 0 Å². The fourth-order valence-corrected chi connectivity index (χ4v) is 2.91. The van der Waals surface area contributed by atoms with E-state index in [9.17, 15) is 9.59 Å². The SMILES string of the molecule is CCCN(CC(=O)Nc1ccccc1OC)C(=O)/C=C/c1ccc(C(C)C)cc1. The van der Waals surface area contributed by atoms with E-state index in [0.717, 1.165) is 12.0 Å². The molecular formula is C24H30N2O3. The average Bonchev–Trinajstić information content (AvgIpc) is 2.72. The minimum Gasteiger partial charge on any atom is -0.495 e. The first-order valence-corrected chi connectivity index (χ1v) is 9.94. The fraction of sp³-hybridized carbons (Fsp3) is 0.333. The highest BCUT2D eigenvalue weighted by Gasteiger charge is 2.15. The molecular weight excluding hydrogens is 364 g/mol. The summed E-state index contributed by atoms with van der Waals surface area (Å²) in [5.41, 5.74) is 2.80. The number of para-hydroxylation sites is 2. The van der Waals surface area contributed by atoms with Gasteiger partial charge < -0.3 is 15.0 Å². The average molecular weight is 395 g/mol. The van der Waals surface area contributed by atoms with Crippen molar-refractivity contribution in [1.82, 2.24) is 4.90 Å². The number of benzene rings is 2. The van der Waals surface area contributed by atoms with Crippen LogP contribution in [0.5, 0.6) is 5.75 Å². The summed E-state index contributed by atoms with van der Waals surface area (Å²) in [5, 5.41) is 2.81. The maximum atomic E-state index is 12.6. The van der Waals surface area contributed by atoms with Crippen molar-refractivity contribution in [2.24, 2.45) is 0 Å². The molecule has 5 nitrogen and oxygen atoms in total. The van der Waals surface area contributed by atoms with Gasteiger partial charge >= 0.3 is 0 Å². The first-order valence-electron chi connectivity index (χ1n) is 9.94. The zero-order chi connectivity index (χ0) is 21.2. The Morgan fingerprint density at radius 3 is 2.41 bits per heavy atom. The number of carbonyl (C=O) groups excluding carboxylic acids is 2. The number of amides is 2. The molecule has 0 saturated heterocycles. The molecule has 2 rings (SSSR count). The van der Waals surface area contributed by atoms with Crippen LogP contribution in [0.3, 0.4) is 0 Å². The summed E-state index contributed by atoms with van der Waals surface area (Å²) in [6, 6.07) is 15.3. The molecule has 0 aromatic heterocycles. The second-order valence-electron chi connectivity index (χ2n) is 7.16. The molecule has 0 radical (unpaired) electrons. The minimum atomic E-state index is -0.258. The molecule has 0 atom stereocenters. The number of ether oxygens (including phenoxy) is 1. The Labute approximate surface area is 173 Å². The minimum absolute atomic E-state index is 0.0126. The normalized spacial score (nSPS) is 10.9. The van der Waals surface area contributed by atoms with E-state index in [1.807, 2.05) is 31.2 Å². The highest BCUT2D eigenvalue weighted by atomic mass is 16.5. The molecule has 0 saturated carbocycles. The quantitative estimate of drug-likeness (QED) is 0.627. The fourth-order valence-electron chi connectivity index (χ4n) is 2.91. The first-order chi connectivity index (χ1) is 13.9. The van der Waals surface area contributed by atoms with Crippen LogP contribution in [0.2, 0.25) is 0 Å². The number of carbonyl (C=O) groups is 2. The zero-order valence-electron chi connectivity index (χ0n) is 17.6. The maximum Gasteiger partial charge on any atom is 0.247 e. The Hall–Kier alpha value is -3.08. The molecule has 154 valence electrons. The van der Waals surface area contributed by atoms with Gasteiger partial charge in [-0.15, -0.1) is 0 Å². The van der Waals surface area contributed by atoms with Gasteiger partial charge in [-0.05, 0) is 41.7 Å². The van der Waals surface area contributed by atoms with Crippen LogP contribution in [0.4, 0.5) is 5.69 Å². The van der Waals surface area contributed by atoms with Gasteiger partial charge in [-0.1, -0.05) is 57.2 Å². The van der Waals surface area contributed by atoms with E-state index in [4.69, 9.17) is 4.74 Å². The second-order valence-corrected chi connectivity index (χ2v) is 7.16. The van der Waals surface area contributed by atoms with E-state index in [-0.39, 0.29) is 18.4 Å². The molecule has 1 N–H and O–H groups in total. The highest BCUT2D eigenvalue weighted by molar-refractivity contribution is 5.98. The molecule has 0 aliphatic heterocycles. The topological polar surface area (TPSA) is 58.6 Å². The van der Waals surface area contributed by atoms with Crippen molar-refractivity contribution in [3.05, 3.63) is 65.7 Å². The second kappa shape index (κ2) is 11.1. The van der Waals surface area contributed by atoms with Gasteiger partial charge in [0, 0.05) is 12.6 Å². The van der Waals surface area contributed by atoms with Gasteiger partial charge in [-0.2, -0.15) is 0 Å². The first kappa shape index (κ1) is 22.2. The van der Waals surface area contributed by atoms with Crippen molar-refractivity contribution in [1.29, 1.82) is 0 Å². The summed E-state index contributed by atoms with van der Waals surface area (Å²) in [5.74, 6) is 0.608. The Morgan fingerprint density at radius 1 is 1.10 bits per heavy atom. The molecule has 0 spiro atoms. The van der Waals surface area contributed by atoms with E-state index in [2.05, 4.69) is 31.3 Å². The van der Waals surface area contributed by atoms with E-state index < -0.39 is 0 Å². The largest absolute Gasteiger partial charge is 0.495 e. The van der Waals surface area contributed by atoms with Gasteiger partial charge in [0.25, 0.3) is 0 Å². The lowest BCUT2D eigenvalue weighted by molar-refractivity contribution is -0.130. The summed E-state index contributed by atoms with van der Waals surface area (Å²) in [4.78, 5) is 26.6. The van der Waals surface area contributed by atoms with E-state index >= 15 is 0 Å². The monoisotopic (exact) mass is 394 g/mol. The van der Waals surface area contributed by atoms with Crippen molar-refractivity contribution in [3.63, 3.8) is 0 Å². The summed E-state index contributed by atoms with van der Waals surface area (Å²) < 4.78 is 5.25. The molecule has 2 aromatic carbocycles. The summed E-state index contributed by atoms with van der Waals surface area (Å²) in [6.07, 6.45) is 4.08. The molecule has 0 fully saturated rings. The van der Waals surface area contributed by atoms with E-state index in [0.29, 0.717) is 23.9 Å². The number of nitrogens with one attached hydrogen (secondary N) is 1. The number of methoxy groups -OCH3 is 1. The smallest absolute Gasteiger partial charge is 0.247 e. The Morgan fingerprint density at radius 2 is 1.79 bits per heavy atom. The molecule has 0 unspecified atom stereocenters. The number of hydrogen-bond acceptors (Lipinski definition) is 3. The van der Waals surface area contributed by atoms with Crippen molar-refractivity contribution < 1.29 is 14.3 Å². The third-order valence-corrected chi connectivity index (χ3v) is 4.54. The molecule has 29 heavy (non-hydrogen) atoms. The van der Waals surface area contributed by atoms with Crippen molar-refractivity contribution in [2.45, 2.75) is 33.1 Å². The van der Waals surface area contributed by atoms with Gasteiger partial charge in [-0.3, -0.25) is 9.59 Å². The van der Waals surface area contributed by atoms with Crippen LogP contribution in [0.25, 0.3) is 6.08 Å². The van der Waals surface area contributed by atoms with Crippen molar-refractivity contribution in [3.8, 4) is 5.75 Å². The van der Waals surface area contributed by atoms with Crippen LogP contribution in [-0.2, 0) is 9.59 Å². The van der Waals surface area contributed by atoms with Gasteiger partial charge in [0.1, 0.15) is 12.3 Å². The molecule has 0 heterocycles. The molecule has 0 bridgehead atoms. The van der Waals surface area contributed by atoms with Crippen LogP contribution in [0.15, 0.2) is 54.6 Å². The van der Waals surface area contributed by atoms with Crippen molar-refractivity contribution >= 4 is 23.6 Å². The van der Waals surface area contributed by atoms with Gasteiger partial charge in [0.05, 0.1) is 12.8 Å². The molecule has 0 aliphatic carbocycles. The van der Waals surface area contributed by atoms with Crippen LogP contribution in [0.1, 0.15) is 44.2 Å². The Kier molecular flexibility index (Phi) is 8.46. The van der Waals surface area contributed by atoms with Crippen LogP contribution < -0.4 is 10.1 Å². The van der Waals surface area contributed by atoms with Gasteiger partial charge in [-0.25, -0.2) is 0 Å². The number of rotatable bonds is 9. The Balaban J connectivity index is 2.01. The molecule has 2 aromatic rings. The molecule has 0 aliphatic rings. The van der Waals surface area contributed by atoms with E-state index in [1.165, 1.54) is 11.6 Å². The predicted octanol–water partition coefficient (Wildman–Crippen LogP) is 4.71. The van der Waals surface area contributed by atoms with Crippen molar-refractivity contribution in [2.75, 3.05) is 25.5 Å². The number of nitrogens with zero attached hydrogens (tertiary/aromatic N) is 1. The molecule has 5 heteroatoms. The van der Waals surface area contributed by atoms with Gasteiger partial charge in [0.2, 0.25) is 11.8 Å². The van der Waals surface area contributed by atoms with Crippen LogP contribution in [-0.4, -0.2) is 36.9 Å². The lowest BCUT2D eigenvalue weighted by atomic mass is 10.0. The molecule has 2 amide bonds. The number of anilines is 1. The number of hydrogen-bond donors (Lipinski definition) is 1. The van der Waals surface area contributed by atoms with E-state index in [1.54, 1.807) is 30.2 Å².